The minimum Gasteiger partial charge on any atom is -0.459 e. The SMILES string of the molecule is C=C(C)C(=O)OC1CC2CC3CC4(O)CC1C2(C3)C4. The lowest BCUT2D eigenvalue weighted by Crippen LogP contribution is -2.33. The zero-order valence-corrected chi connectivity index (χ0v) is 11.5. The molecule has 4 aliphatic carbocycles. The summed E-state index contributed by atoms with van der Waals surface area (Å²) in [5, 5.41) is 10.7. The first-order valence-electron chi connectivity index (χ1n) is 7.51. The maximum atomic E-state index is 11.8. The van der Waals surface area contributed by atoms with Crippen molar-refractivity contribution >= 4 is 5.97 Å². The number of carbonyl (C=O) groups excluding carboxylic acids is 1. The molecule has 4 saturated carbocycles. The summed E-state index contributed by atoms with van der Waals surface area (Å²) in [6.45, 7) is 5.37. The summed E-state index contributed by atoms with van der Waals surface area (Å²) in [5.74, 6) is 1.51. The van der Waals surface area contributed by atoms with Gasteiger partial charge in [0.2, 0.25) is 0 Å². The van der Waals surface area contributed by atoms with Crippen LogP contribution in [0.15, 0.2) is 12.2 Å². The van der Waals surface area contributed by atoms with Crippen molar-refractivity contribution in [3.8, 4) is 0 Å². The number of hydrogen-bond donors (Lipinski definition) is 1. The zero-order chi connectivity index (χ0) is 13.4. The molecule has 0 aromatic heterocycles. The first-order valence-corrected chi connectivity index (χ1v) is 7.51. The van der Waals surface area contributed by atoms with Gasteiger partial charge in [-0.1, -0.05) is 6.58 Å². The molecule has 0 amide bonds. The van der Waals surface area contributed by atoms with Crippen LogP contribution in [0.4, 0.5) is 0 Å². The Morgan fingerprint density at radius 1 is 1.32 bits per heavy atom. The van der Waals surface area contributed by atoms with Gasteiger partial charge in [-0.05, 0) is 62.7 Å². The minimum atomic E-state index is -0.462. The first kappa shape index (κ1) is 12.0. The Hall–Kier alpha value is -0.830. The van der Waals surface area contributed by atoms with E-state index in [-0.39, 0.29) is 17.5 Å². The number of aliphatic hydroxyl groups is 1. The number of carbonyl (C=O) groups is 1. The van der Waals surface area contributed by atoms with Crippen LogP contribution in [0.1, 0.15) is 45.4 Å². The Bertz CT molecular complexity index is 471. The molecule has 6 atom stereocenters. The van der Waals surface area contributed by atoms with Gasteiger partial charge in [-0.15, -0.1) is 0 Å². The van der Waals surface area contributed by atoms with Gasteiger partial charge < -0.3 is 9.84 Å². The van der Waals surface area contributed by atoms with Crippen molar-refractivity contribution in [2.45, 2.75) is 57.2 Å². The Kier molecular flexibility index (Phi) is 2.16. The number of esters is 1. The van der Waals surface area contributed by atoms with Crippen molar-refractivity contribution in [1.29, 1.82) is 0 Å². The van der Waals surface area contributed by atoms with Crippen LogP contribution in [-0.2, 0) is 9.53 Å². The minimum absolute atomic E-state index is 0.0160. The van der Waals surface area contributed by atoms with Crippen molar-refractivity contribution in [2.75, 3.05) is 0 Å². The molecule has 3 heteroatoms. The summed E-state index contributed by atoms with van der Waals surface area (Å²) in [7, 11) is 0. The van der Waals surface area contributed by atoms with E-state index in [4.69, 9.17) is 4.74 Å². The summed E-state index contributed by atoms with van der Waals surface area (Å²) in [6.07, 6.45) is 6.29. The molecule has 0 radical (unpaired) electrons. The molecule has 6 unspecified atom stereocenters. The van der Waals surface area contributed by atoms with Gasteiger partial charge in [0.1, 0.15) is 6.10 Å². The summed E-state index contributed by atoms with van der Waals surface area (Å²) < 4.78 is 5.68. The van der Waals surface area contributed by atoms with Crippen molar-refractivity contribution in [3.63, 3.8) is 0 Å². The van der Waals surface area contributed by atoms with E-state index in [1.54, 1.807) is 6.92 Å². The maximum absolute atomic E-state index is 11.8. The van der Waals surface area contributed by atoms with Crippen LogP contribution < -0.4 is 0 Å². The largest absolute Gasteiger partial charge is 0.459 e. The molecule has 1 N–H and O–H groups in total. The van der Waals surface area contributed by atoms with E-state index in [9.17, 15) is 9.90 Å². The molecule has 0 aromatic rings. The average molecular weight is 262 g/mol. The number of hydrogen-bond acceptors (Lipinski definition) is 3. The van der Waals surface area contributed by atoms with E-state index in [0.717, 1.165) is 25.7 Å². The third-order valence-corrected chi connectivity index (χ3v) is 6.34. The highest BCUT2D eigenvalue weighted by molar-refractivity contribution is 5.87. The lowest BCUT2D eigenvalue weighted by atomic mass is 9.72. The zero-order valence-electron chi connectivity index (χ0n) is 11.5. The van der Waals surface area contributed by atoms with Crippen molar-refractivity contribution < 1.29 is 14.6 Å². The van der Waals surface area contributed by atoms with Crippen LogP contribution in [0.3, 0.4) is 0 Å². The molecule has 0 aliphatic heterocycles. The molecular weight excluding hydrogens is 240 g/mol. The summed E-state index contributed by atoms with van der Waals surface area (Å²) in [4.78, 5) is 11.8. The van der Waals surface area contributed by atoms with Crippen molar-refractivity contribution in [2.24, 2.45) is 23.2 Å². The van der Waals surface area contributed by atoms with Crippen LogP contribution in [0, 0.1) is 23.2 Å². The van der Waals surface area contributed by atoms with Gasteiger partial charge in [-0.25, -0.2) is 4.79 Å². The van der Waals surface area contributed by atoms with Crippen molar-refractivity contribution in [1.82, 2.24) is 0 Å². The summed E-state index contributed by atoms with van der Waals surface area (Å²) >= 11 is 0. The highest BCUT2D eigenvalue weighted by Gasteiger charge is 2.70. The molecule has 0 heterocycles. The fraction of sp³-hybridized carbons (Fsp3) is 0.812. The highest BCUT2D eigenvalue weighted by atomic mass is 16.5. The Balaban J connectivity index is 1.63. The third-order valence-electron chi connectivity index (χ3n) is 6.34. The predicted molar refractivity (Wildman–Crippen MR) is 70.2 cm³/mol. The normalized spacial score (nSPS) is 53.4. The third kappa shape index (κ3) is 1.45. The molecule has 19 heavy (non-hydrogen) atoms. The quantitative estimate of drug-likeness (QED) is 0.614. The number of ether oxygens (including phenoxy) is 1. The van der Waals surface area contributed by atoms with Crippen LogP contribution in [-0.4, -0.2) is 22.8 Å². The topological polar surface area (TPSA) is 46.5 Å². The van der Waals surface area contributed by atoms with Crippen LogP contribution in [0.25, 0.3) is 0 Å². The molecule has 3 nitrogen and oxygen atoms in total. The second-order valence-electron chi connectivity index (χ2n) is 7.61. The molecule has 4 fully saturated rings. The molecule has 0 saturated heterocycles. The summed E-state index contributed by atoms with van der Waals surface area (Å²) in [6, 6.07) is 0. The van der Waals surface area contributed by atoms with E-state index in [1.807, 2.05) is 0 Å². The first-order chi connectivity index (χ1) is 8.92. The van der Waals surface area contributed by atoms with Gasteiger partial charge in [0.15, 0.2) is 0 Å². The highest BCUT2D eigenvalue weighted by Crippen LogP contribution is 2.73. The van der Waals surface area contributed by atoms with Crippen molar-refractivity contribution in [3.05, 3.63) is 12.2 Å². The van der Waals surface area contributed by atoms with Gasteiger partial charge in [-0.2, -0.15) is 0 Å². The molecule has 0 aromatic carbocycles. The van der Waals surface area contributed by atoms with Gasteiger partial charge in [-0.3, -0.25) is 0 Å². The molecular formula is C16H22O3. The van der Waals surface area contributed by atoms with Gasteiger partial charge in [0.05, 0.1) is 5.60 Å². The molecule has 3 bridgehead atoms. The second-order valence-corrected chi connectivity index (χ2v) is 7.61. The van der Waals surface area contributed by atoms with E-state index < -0.39 is 5.60 Å². The fourth-order valence-electron chi connectivity index (χ4n) is 6.02. The molecule has 4 aliphatic rings. The van der Waals surface area contributed by atoms with Crippen LogP contribution >= 0.6 is 0 Å². The number of rotatable bonds is 2. The Labute approximate surface area is 114 Å². The van der Waals surface area contributed by atoms with Gasteiger partial charge >= 0.3 is 5.97 Å². The number of fused-ring (bicyclic) bond motifs is 2. The standard InChI is InChI=1S/C16H22O3/c1-9(2)14(17)19-13-4-11-3-10-5-15(18)7-12(13)16(11,6-10)8-15/h10-13,18H,1,3-8H2,2H3. The monoisotopic (exact) mass is 262 g/mol. The Morgan fingerprint density at radius 2 is 2.11 bits per heavy atom. The second kappa shape index (κ2) is 3.43. The van der Waals surface area contributed by atoms with Crippen LogP contribution in [0.5, 0.6) is 0 Å². The van der Waals surface area contributed by atoms with Gasteiger partial charge in [0, 0.05) is 11.5 Å². The van der Waals surface area contributed by atoms with Gasteiger partial charge in [0.25, 0.3) is 0 Å². The summed E-state index contributed by atoms with van der Waals surface area (Å²) in [5.41, 5.74) is 0.307. The maximum Gasteiger partial charge on any atom is 0.333 e. The van der Waals surface area contributed by atoms with Crippen LogP contribution in [0.2, 0.25) is 0 Å². The smallest absolute Gasteiger partial charge is 0.333 e. The molecule has 4 rings (SSSR count). The fourth-order valence-corrected chi connectivity index (χ4v) is 6.02. The average Bonchev–Trinajstić information content (AvgIpc) is 2.79. The lowest BCUT2D eigenvalue weighted by molar-refractivity contribution is -0.146. The van der Waals surface area contributed by atoms with E-state index >= 15 is 0 Å². The molecule has 104 valence electrons. The Morgan fingerprint density at radius 3 is 2.84 bits per heavy atom. The predicted octanol–water partition coefficient (Wildman–Crippen LogP) is 2.44. The van der Waals surface area contributed by atoms with E-state index in [1.165, 1.54) is 12.8 Å². The van der Waals surface area contributed by atoms with E-state index in [0.29, 0.717) is 23.3 Å². The molecule has 1 spiro atoms. The van der Waals surface area contributed by atoms with E-state index in [2.05, 4.69) is 6.58 Å². The lowest BCUT2D eigenvalue weighted by Gasteiger charge is -2.35.